The van der Waals surface area contributed by atoms with Crippen molar-refractivity contribution in [3.63, 3.8) is 0 Å². The Balaban J connectivity index is 1.48. The van der Waals surface area contributed by atoms with Crippen LogP contribution in [0.15, 0.2) is 33.3 Å². The Morgan fingerprint density at radius 3 is 2.71 bits per heavy atom. The monoisotopic (exact) mass is 464 g/mol. The van der Waals surface area contributed by atoms with Gasteiger partial charge in [-0.25, -0.2) is 18.2 Å². The van der Waals surface area contributed by atoms with E-state index in [-0.39, 0.29) is 15.7 Å². The minimum Gasteiger partial charge on any atom is -0.465 e. The summed E-state index contributed by atoms with van der Waals surface area (Å²) in [6, 6.07) is 1.47. The first-order valence-electron chi connectivity index (χ1n) is 9.91. The molecular weight excluding hydrogens is 440 g/mol. The van der Waals surface area contributed by atoms with Crippen molar-refractivity contribution in [1.29, 1.82) is 0 Å². The molecule has 1 saturated heterocycles. The van der Waals surface area contributed by atoms with Crippen molar-refractivity contribution < 1.29 is 22.5 Å². The third-order valence-electron chi connectivity index (χ3n) is 5.69. The third-order valence-corrected chi connectivity index (χ3v) is 8.66. The lowest BCUT2D eigenvalue weighted by Gasteiger charge is -2.31. The smallest absolute Gasteiger partial charge is 0.349 e. The van der Waals surface area contributed by atoms with Crippen molar-refractivity contribution in [2.45, 2.75) is 44.0 Å². The minimum atomic E-state index is -3.76. The van der Waals surface area contributed by atoms with Gasteiger partial charge in [0.15, 0.2) is 0 Å². The van der Waals surface area contributed by atoms with Crippen LogP contribution in [0.4, 0.5) is 0 Å². The number of esters is 1. The van der Waals surface area contributed by atoms with Gasteiger partial charge in [0.1, 0.15) is 21.4 Å². The van der Waals surface area contributed by atoms with Crippen LogP contribution >= 0.6 is 11.3 Å². The van der Waals surface area contributed by atoms with Crippen molar-refractivity contribution >= 4 is 27.3 Å². The van der Waals surface area contributed by atoms with E-state index in [1.54, 1.807) is 11.6 Å². The number of imidazole rings is 1. The predicted molar refractivity (Wildman–Crippen MR) is 114 cm³/mol. The second-order valence-electron chi connectivity index (χ2n) is 7.50. The van der Waals surface area contributed by atoms with E-state index >= 15 is 0 Å². The van der Waals surface area contributed by atoms with Gasteiger partial charge in [-0.1, -0.05) is 5.16 Å². The molecule has 0 unspecified atom stereocenters. The van der Waals surface area contributed by atoms with Gasteiger partial charge in [0.2, 0.25) is 10.0 Å². The fourth-order valence-corrected chi connectivity index (χ4v) is 6.73. The zero-order chi connectivity index (χ0) is 22.2. The highest BCUT2D eigenvalue weighted by Gasteiger charge is 2.34. The standard InChI is InChI=1S/C20H24N4O5S2/c1-13-16(14(2)29-22-13)12-23-10-7-21-19(23)15-4-8-24(9-5-15)31(26,27)17-6-11-30-18(17)20(25)28-3/h6-7,10-11,15H,4-5,8-9,12H2,1-3H3. The van der Waals surface area contributed by atoms with Crippen LogP contribution in [0.3, 0.4) is 0 Å². The number of rotatable bonds is 6. The summed E-state index contributed by atoms with van der Waals surface area (Å²) < 4.78 is 39.8. The van der Waals surface area contributed by atoms with E-state index < -0.39 is 16.0 Å². The molecule has 9 nitrogen and oxygen atoms in total. The lowest BCUT2D eigenvalue weighted by molar-refractivity contribution is 0.0602. The molecule has 4 heterocycles. The van der Waals surface area contributed by atoms with Gasteiger partial charge in [-0.3, -0.25) is 0 Å². The molecule has 0 aliphatic carbocycles. The summed E-state index contributed by atoms with van der Waals surface area (Å²) in [6.45, 7) is 5.15. The number of hydrogen-bond donors (Lipinski definition) is 0. The highest BCUT2D eigenvalue weighted by atomic mass is 32.2. The Morgan fingerprint density at radius 2 is 2.06 bits per heavy atom. The fraction of sp³-hybridized carbons (Fsp3) is 0.450. The Hall–Kier alpha value is -2.50. The normalized spacial score (nSPS) is 16.0. The first-order valence-corrected chi connectivity index (χ1v) is 12.2. The molecule has 31 heavy (non-hydrogen) atoms. The molecule has 0 aromatic carbocycles. The average Bonchev–Trinajstić information content (AvgIpc) is 3.50. The number of nitrogens with zero attached hydrogens (tertiary/aromatic N) is 4. The van der Waals surface area contributed by atoms with Gasteiger partial charge in [0.05, 0.1) is 19.3 Å². The summed E-state index contributed by atoms with van der Waals surface area (Å²) >= 11 is 1.07. The SMILES string of the molecule is COC(=O)c1sccc1S(=O)(=O)N1CCC(c2nccn2Cc2c(C)noc2C)CC1. The Bertz CT molecular complexity index is 1170. The molecule has 0 atom stereocenters. The molecule has 0 N–H and O–H groups in total. The maximum absolute atomic E-state index is 13.1. The van der Waals surface area contributed by atoms with Gasteiger partial charge in [0.25, 0.3) is 0 Å². The van der Waals surface area contributed by atoms with E-state index in [9.17, 15) is 13.2 Å². The maximum Gasteiger partial charge on any atom is 0.349 e. The van der Waals surface area contributed by atoms with Crippen molar-refractivity contribution in [2.24, 2.45) is 0 Å². The van der Waals surface area contributed by atoms with E-state index in [2.05, 4.69) is 14.7 Å². The first kappa shape index (κ1) is 21.7. The van der Waals surface area contributed by atoms with Crippen LogP contribution in [0, 0.1) is 13.8 Å². The quantitative estimate of drug-likeness (QED) is 0.516. The lowest BCUT2D eigenvalue weighted by atomic mass is 9.97. The first-order chi connectivity index (χ1) is 14.8. The number of thiophene rings is 1. The van der Waals surface area contributed by atoms with Crippen molar-refractivity contribution in [3.8, 4) is 0 Å². The predicted octanol–water partition coefficient (Wildman–Crippen LogP) is 2.95. The summed E-state index contributed by atoms with van der Waals surface area (Å²) in [5.74, 6) is 1.23. The molecule has 0 spiro atoms. The third kappa shape index (κ3) is 4.04. The fourth-order valence-electron chi connectivity index (χ4n) is 3.95. The second-order valence-corrected chi connectivity index (χ2v) is 10.3. The van der Waals surface area contributed by atoms with Crippen LogP contribution in [0.1, 0.15) is 51.3 Å². The molecule has 3 aromatic heterocycles. The largest absolute Gasteiger partial charge is 0.465 e. The zero-order valence-electron chi connectivity index (χ0n) is 17.6. The van der Waals surface area contributed by atoms with Crippen LogP contribution in [-0.4, -0.2) is 53.6 Å². The molecule has 0 saturated carbocycles. The van der Waals surface area contributed by atoms with Gasteiger partial charge in [-0.2, -0.15) is 4.31 Å². The van der Waals surface area contributed by atoms with Crippen LogP contribution < -0.4 is 0 Å². The number of piperidine rings is 1. The number of sulfonamides is 1. The number of methoxy groups -OCH3 is 1. The number of carbonyl (C=O) groups excluding carboxylic acids is 1. The Labute approximate surface area is 184 Å². The molecule has 1 fully saturated rings. The summed E-state index contributed by atoms with van der Waals surface area (Å²) in [6.07, 6.45) is 4.99. The topological polar surface area (TPSA) is 108 Å². The number of carbonyl (C=O) groups is 1. The van der Waals surface area contributed by atoms with Crippen LogP contribution in [0.2, 0.25) is 0 Å². The van der Waals surface area contributed by atoms with Gasteiger partial charge in [-0.05, 0) is 38.1 Å². The van der Waals surface area contributed by atoms with Crippen molar-refractivity contribution in [3.05, 3.63) is 51.6 Å². The minimum absolute atomic E-state index is 0.0164. The number of ether oxygens (including phenoxy) is 1. The lowest BCUT2D eigenvalue weighted by Crippen LogP contribution is -2.38. The maximum atomic E-state index is 13.1. The molecule has 1 aliphatic heterocycles. The van der Waals surface area contributed by atoms with Crippen LogP contribution in [0.25, 0.3) is 0 Å². The number of aryl methyl sites for hydroxylation is 2. The highest BCUT2D eigenvalue weighted by molar-refractivity contribution is 7.89. The second kappa shape index (κ2) is 8.56. The Morgan fingerprint density at radius 1 is 1.32 bits per heavy atom. The molecule has 166 valence electrons. The van der Waals surface area contributed by atoms with E-state index in [1.807, 2.05) is 20.0 Å². The molecule has 4 rings (SSSR count). The molecule has 1 aliphatic rings. The van der Waals surface area contributed by atoms with Gasteiger partial charge in [-0.15, -0.1) is 11.3 Å². The molecule has 0 bridgehead atoms. The summed E-state index contributed by atoms with van der Waals surface area (Å²) in [5, 5.41) is 5.61. The average molecular weight is 465 g/mol. The summed E-state index contributed by atoms with van der Waals surface area (Å²) in [4.78, 5) is 16.6. The van der Waals surface area contributed by atoms with E-state index in [4.69, 9.17) is 9.26 Å². The Kier molecular flexibility index (Phi) is 6.00. The molecule has 3 aromatic rings. The summed E-state index contributed by atoms with van der Waals surface area (Å²) in [7, 11) is -2.52. The number of hydrogen-bond acceptors (Lipinski definition) is 8. The van der Waals surface area contributed by atoms with E-state index in [1.165, 1.54) is 17.5 Å². The van der Waals surface area contributed by atoms with E-state index in [0.717, 1.165) is 34.2 Å². The van der Waals surface area contributed by atoms with Crippen LogP contribution in [-0.2, 0) is 21.3 Å². The highest BCUT2D eigenvalue weighted by Crippen LogP contribution is 2.32. The zero-order valence-corrected chi connectivity index (χ0v) is 19.2. The summed E-state index contributed by atoms with van der Waals surface area (Å²) in [5.41, 5.74) is 1.89. The molecule has 0 radical (unpaired) electrons. The van der Waals surface area contributed by atoms with E-state index in [0.29, 0.717) is 32.5 Å². The van der Waals surface area contributed by atoms with Gasteiger partial charge in [0, 0.05) is 37.0 Å². The van der Waals surface area contributed by atoms with Gasteiger partial charge < -0.3 is 13.8 Å². The molecule has 11 heteroatoms. The van der Waals surface area contributed by atoms with Crippen molar-refractivity contribution in [1.82, 2.24) is 19.0 Å². The number of aromatic nitrogens is 3. The van der Waals surface area contributed by atoms with Gasteiger partial charge >= 0.3 is 5.97 Å². The van der Waals surface area contributed by atoms with Crippen molar-refractivity contribution in [2.75, 3.05) is 20.2 Å². The molecule has 0 amide bonds. The molecular formula is C20H24N4O5S2. The van der Waals surface area contributed by atoms with Crippen LogP contribution in [0.5, 0.6) is 0 Å².